The molecule has 2 aromatic heterocycles. The number of methoxy groups -OCH3 is 1. The standard InChI is InChI=1S/C16H15ClN4O2S/c1-10(24-16-20-19-14-5-3-4-8-21(14)16)15(22)18-12-9-11(17)6-7-13(12)23-2/h3-10H,1-2H3,(H,18,22)/t10-/m0/s1. The van der Waals surface area contributed by atoms with Crippen LogP contribution in [0.3, 0.4) is 0 Å². The maximum atomic E-state index is 12.5. The number of carbonyl (C=O) groups excluding carboxylic acids is 1. The number of rotatable bonds is 5. The Hall–Kier alpha value is -2.25. The summed E-state index contributed by atoms with van der Waals surface area (Å²) in [7, 11) is 1.54. The maximum absolute atomic E-state index is 12.5. The first-order chi connectivity index (χ1) is 11.6. The lowest BCUT2D eigenvalue weighted by Crippen LogP contribution is -2.23. The van der Waals surface area contributed by atoms with Crippen molar-refractivity contribution < 1.29 is 9.53 Å². The number of amides is 1. The highest BCUT2D eigenvalue weighted by molar-refractivity contribution is 8.00. The molecule has 1 aromatic carbocycles. The predicted octanol–water partition coefficient (Wildman–Crippen LogP) is 3.51. The molecule has 0 aliphatic rings. The van der Waals surface area contributed by atoms with E-state index in [-0.39, 0.29) is 11.2 Å². The lowest BCUT2D eigenvalue weighted by Gasteiger charge is -2.13. The molecule has 6 nitrogen and oxygen atoms in total. The van der Waals surface area contributed by atoms with E-state index < -0.39 is 0 Å². The van der Waals surface area contributed by atoms with Gasteiger partial charge in [0.2, 0.25) is 5.91 Å². The number of aromatic nitrogens is 3. The Balaban J connectivity index is 1.74. The van der Waals surface area contributed by atoms with Crippen LogP contribution >= 0.6 is 23.4 Å². The van der Waals surface area contributed by atoms with E-state index in [4.69, 9.17) is 16.3 Å². The number of hydrogen-bond acceptors (Lipinski definition) is 5. The van der Waals surface area contributed by atoms with Gasteiger partial charge in [-0.2, -0.15) is 0 Å². The van der Waals surface area contributed by atoms with Crippen LogP contribution in [0.5, 0.6) is 5.75 Å². The molecule has 8 heteroatoms. The first-order valence-electron chi connectivity index (χ1n) is 7.19. The summed E-state index contributed by atoms with van der Waals surface area (Å²) in [5, 5.41) is 11.8. The second-order valence-corrected chi connectivity index (χ2v) is 6.75. The van der Waals surface area contributed by atoms with Gasteiger partial charge in [-0.25, -0.2) is 0 Å². The number of ether oxygens (including phenoxy) is 1. The van der Waals surface area contributed by atoms with E-state index in [2.05, 4.69) is 15.5 Å². The van der Waals surface area contributed by atoms with Crippen molar-refractivity contribution in [2.45, 2.75) is 17.3 Å². The summed E-state index contributed by atoms with van der Waals surface area (Å²) in [6, 6.07) is 10.7. The van der Waals surface area contributed by atoms with E-state index in [9.17, 15) is 4.79 Å². The number of anilines is 1. The minimum Gasteiger partial charge on any atom is -0.495 e. The van der Waals surface area contributed by atoms with E-state index in [1.54, 1.807) is 32.2 Å². The van der Waals surface area contributed by atoms with E-state index in [1.165, 1.54) is 11.8 Å². The summed E-state index contributed by atoms with van der Waals surface area (Å²) < 4.78 is 7.08. The average Bonchev–Trinajstić information content (AvgIpc) is 2.98. The Morgan fingerprint density at radius 2 is 2.17 bits per heavy atom. The zero-order valence-corrected chi connectivity index (χ0v) is 14.6. The van der Waals surface area contributed by atoms with Gasteiger partial charge in [0.25, 0.3) is 0 Å². The Morgan fingerprint density at radius 1 is 1.33 bits per heavy atom. The Morgan fingerprint density at radius 3 is 2.96 bits per heavy atom. The average molecular weight is 363 g/mol. The molecular weight excluding hydrogens is 348 g/mol. The van der Waals surface area contributed by atoms with Gasteiger partial charge in [-0.3, -0.25) is 9.20 Å². The summed E-state index contributed by atoms with van der Waals surface area (Å²) in [5.41, 5.74) is 1.28. The number of nitrogens with one attached hydrogen (secondary N) is 1. The minimum absolute atomic E-state index is 0.173. The van der Waals surface area contributed by atoms with Crippen LogP contribution in [0.1, 0.15) is 6.92 Å². The molecular formula is C16H15ClN4O2S. The lowest BCUT2D eigenvalue weighted by molar-refractivity contribution is -0.115. The van der Waals surface area contributed by atoms with Crippen molar-refractivity contribution in [3.05, 3.63) is 47.6 Å². The van der Waals surface area contributed by atoms with E-state index in [0.29, 0.717) is 21.6 Å². The van der Waals surface area contributed by atoms with Crippen molar-refractivity contribution in [2.75, 3.05) is 12.4 Å². The third-order valence-corrected chi connectivity index (χ3v) is 4.65. The van der Waals surface area contributed by atoms with Crippen LogP contribution in [0.4, 0.5) is 5.69 Å². The second kappa shape index (κ2) is 7.11. The van der Waals surface area contributed by atoms with Gasteiger partial charge in [0.05, 0.1) is 18.0 Å². The number of benzene rings is 1. The largest absolute Gasteiger partial charge is 0.495 e. The molecule has 0 bridgehead atoms. The summed E-state index contributed by atoms with van der Waals surface area (Å²) >= 11 is 7.31. The topological polar surface area (TPSA) is 68.5 Å². The third-order valence-electron chi connectivity index (χ3n) is 3.35. The highest BCUT2D eigenvalue weighted by atomic mass is 35.5. The van der Waals surface area contributed by atoms with Crippen LogP contribution in [-0.4, -0.2) is 32.9 Å². The van der Waals surface area contributed by atoms with Crippen LogP contribution in [0.25, 0.3) is 5.65 Å². The Bertz CT molecular complexity index is 883. The number of pyridine rings is 1. The van der Waals surface area contributed by atoms with Crippen LogP contribution in [-0.2, 0) is 4.79 Å². The van der Waals surface area contributed by atoms with E-state index in [0.717, 1.165) is 5.65 Å². The van der Waals surface area contributed by atoms with Crippen LogP contribution in [0.15, 0.2) is 47.8 Å². The Kier molecular flexibility index (Phi) is 4.92. The van der Waals surface area contributed by atoms with Gasteiger partial charge >= 0.3 is 0 Å². The van der Waals surface area contributed by atoms with E-state index >= 15 is 0 Å². The Labute approximate surface area is 148 Å². The van der Waals surface area contributed by atoms with Crippen LogP contribution < -0.4 is 10.1 Å². The van der Waals surface area contributed by atoms with Gasteiger partial charge in [-0.05, 0) is 37.3 Å². The van der Waals surface area contributed by atoms with E-state index in [1.807, 2.05) is 28.8 Å². The molecule has 124 valence electrons. The van der Waals surface area contributed by atoms with Crippen molar-refractivity contribution in [3.8, 4) is 5.75 Å². The fraction of sp³-hybridized carbons (Fsp3) is 0.188. The molecule has 0 unspecified atom stereocenters. The molecule has 0 saturated heterocycles. The molecule has 0 radical (unpaired) electrons. The number of halogens is 1. The molecule has 3 rings (SSSR count). The molecule has 24 heavy (non-hydrogen) atoms. The van der Waals surface area contributed by atoms with Crippen molar-refractivity contribution in [1.29, 1.82) is 0 Å². The van der Waals surface area contributed by atoms with Crippen molar-refractivity contribution >= 4 is 40.6 Å². The van der Waals surface area contributed by atoms with Gasteiger partial charge in [0.1, 0.15) is 5.75 Å². The first-order valence-corrected chi connectivity index (χ1v) is 8.45. The van der Waals surface area contributed by atoms with Gasteiger partial charge in [0, 0.05) is 11.2 Å². The highest BCUT2D eigenvalue weighted by Crippen LogP contribution is 2.29. The van der Waals surface area contributed by atoms with Crippen LogP contribution in [0, 0.1) is 0 Å². The van der Waals surface area contributed by atoms with Crippen molar-refractivity contribution in [2.24, 2.45) is 0 Å². The second-order valence-electron chi connectivity index (χ2n) is 5.01. The smallest absolute Gasteiger partial charge is 0.237 e. The molecule has 0 fully saturated rings. The van der Waals surface area contributed by atoms with Gasteiger partial charge in [-0.1, -0.05) is 29.4 Å². The van der Waals surface area contributed by atoms with Gasteiger partial charge < -0.3 is 10.1 Å². The number of fused-ring (bicyclic) bond motifs is 1. The molecule has 1 amide bonds. The molecule has 3 aromatic rings. The molecule has 1 N–H and O–H groups in total. The first kappa shape index (κ1) is 16.6. The maximum Gasteiger partial charge on any atom is 0.237 e. The third kappa shape index (κ3) is 3.47. The zero-order chi connectivity index (χ0) is 17.1. The van der Waals surface area contributed by atoms with Gasteiger partial charge in [0.15, 0.2) is 10.8 Å². The SMILES string of the molecule is COc1ccc(Cl)cc1NC(=O)[C@H](C)Sc1nnc2ccccn12. The molecule has 0 aliphatic heterocycles. The lowest BCUT2D eigenvalue weighted by atomic mass is 10.3. The summed E-state index contributed by atoms with van der Waals surface area (Å²) in [4.78, 5) is 12.5. The number of nitrogens with zero attached hydrogens (tertiary/aromatic N) is 3. The molecule has 0 saturated carbocycles. The van der Waals surface area contributed by atoms with Crippen molar-refractivity contribution in [3.63, 3.8) is 0 Å². The minimum atomic E-state index is -0.374. The molecule has 0 spiro atoms. The van der Waals surface area contributed by atoms with Crippen molar-refractivity contribution in [1.82, 2.24) is 14.6 Å². The summed E-state index contributed by atoms with van der Waals surface area (Å²) in [6.45, 7) is 1.81. The summed E-state index contributed by atoms with van der Waals surface area (Å²) in [6.07, 6.45) is 1.86. The predicted molar refractivity (Wildman–Crippen MR) is 94.9 cm³/mol. The molecule has 2 heterocycles. The molecule has 0 aliphatic carbocycles. The highest BCUT2D eigenvalue weighted by Gasteiger charge is 2.19. The monoisotopic (exact) mass is 362 g/mol. The van der Waals surface area contributed by atoms with Crippen LogP contribution in [0.2, 0.25) is 5.02 Å². The molecule has 1 atom stereocenters. The number of carbonyl (C=O) groups is 1. The number of thioether (sulfide) groups is 1. The summed E-state index contributed by atoms with van der Waals surface area (Å²) in [5.74, 6) is 0.381. The number of hydrogen-bond donors (Lipinski definition) is 1. The fourth-order valence-electron chi connectivity index (χ4n) is 2.12. The zero-order valence-electron chi connectivity index (χ0n) is 13.1. The normalized spacial score (nSPS) is 12.1. The quantitative estimate of drug-likeness (QED) is 0.703. The fourth-order valence-corrected chi connectivity index (χ4v) is 3.13. The van der Waals surface area contributed by atoms with Gasteiger partial charge in [-0.15, -0.1) is 10.2 Å².